The third-order valence-corrected chi connectivity index (χ3v) is 6.58. The summed E-state index contributed by atoms with van der Waals surface area (Å²) in [5.41, 5.74) is 2.35. The van der Waals surface area contributed by atoms with Crippen molar-refractivity contribution in [2.75, 3.05) is 5.75 Å². The van der Waals surface area contributed by atoms with E-state index in [-0.39, 0.29) is 22.3 Å². The molecular weight excluding hydrogens is 458 g/mol. The molecule has 1 aliphatic rings. The number of carbonyl (C=O) groups excluding carboxylic acids is 2. The Morgan fingerprint density at radius 1 is 1.16 bits per heavy atom. The molecule has 0 amide bonds. The Morgan fingerprint density at radius 2 is 1.84 bits per heavy atom. The SMILES string of the molecule is CC(=O)C1=C(C)NC(SCC(=O)c2ccc(Cl)c(Cl)c2)=C(C#N)C1c1ccc(F)cc1. The number of ketones is 2. The second-order valence-corrected chi connectivity index (χ2v) is 8.70. The zero-order valence-electron chi connectivity index (χ0n) is 16.6. The fourth-order valence-corrected chi connectivity index (χ4v) is 4.66. The normalized spacial score (nSPS) is 16.1. The lowest BCUT2D eigenvalue weighted by Crippen LogP contribution is -2.27. The molecule has 1 heterocycles. The Bertz CT molecular complexity index is 1170. The number of nitrogens with zero attached hydrogens (tertiary/aromatic N) is 1. The van der Waals surface area contributed by atoms with E-state index < -0.39 is 11.7 Å². The monoisotopic (exact) mass is 474 g/mol. The Kier molecular flexibility index (Phi) is 7.22. The maximum atomic E-state index is 13.4. The average molecular weight is 475 g/mol. The molecule has 8 heteroatoms. The van der Waals surface area contributed by atoms with Crippen molar-refractivity contribution in [1.29, 1.82) is 5.26 Å². The van der Waals surface area contributed by atoms with Crippen molar-refractivity contribution in [2.45, 2.75) is 19.8 Å². The van der Waals surface area contributed by atoms with E-state index in [9.17, 15) is 19.2 Å². The number of hydrogen-bond donors (Lipinski definition) is 1. The quantitative estimate of drug-likeness (QED) is 0.517. The molecule has 4 nitrogen and oxygen atoms in total. The van der Waals surface area contributed by atoms with Crippen molar-refractivity contribution in [3.63, 3.8) is 0 Å². The van der Waals surface area contributed by atoms with E-state index in [2.05, 4.69) is 11.4 Å². The molecule has 0 fully saturated rings. The van der Waals surface area contributed by atoms with Crippen molar-refractivity contribution >= 4 is 46.5 Å². The number of rotatable bonds is 6. The van der Waals surface area contributed by atoms with Gasteiger partial charge in [0, 0.05) is 16.8 Å². The van der Waals surface area contributed by atoms with Crippen LogP contribution in [0.1, 0.15) is 35.7 Å². The Morgan fingerprint density at radius 3 is 2.42 bits per heavy atom. The third-order valence-electron chi connectivity index (χ3n) is 4.82. The Balaban J connectivity index is 1.94. The van der Waals surface area contributed by atoms with Crippen LogP contribution in [0, 0.1) is 17.1 Å². The van der Waals surface area contributed by atoms with E-state index in [0.717, 1.165) is 11.8 Å². The summed E-state index contributed by atoms with van der Waals surface area (Å²) in [7, 11) is 0. The Hall–Kier alpha value is -2.59. The first kappa shape index (κ1) is 23.1. The average Bonchev–Trinajstić information content (AvgIpc) is 2.73. The summed E-state index contributed by atoms with van der Waals surface area (Å²) < 4.78 is 13.4. The molecule has 0 bridgehead atoms. The summed E-state index contributed by atoms with van der Waals surface area (Å²) >= 11 is 13.1. The highest BCUT2D eigenvalue weighted by molar-refractivity contribution is 8.03. The van der Waals surface area contributed by atoms with Crippen LogP contribution in [0.2, 0.25) is 10.0 Å². The number of Topliss-reactive ketones (excluding diaryl/α,β-unsaturated/α-hetero) is 2. The lowest BCUT2D eigenvalue weighted by molar-refractivity contribution is -0.113. The lowest BCUT2D eigenvalue weighted by Gasteiger charge is -2.29. The maximum absolute atomic E-state index is 13.4. The minimum atomic E-state index is -0.646. The zero-order valence-corrected chi connectivity index (χ0v) is 19.0. The molecule has 3 rings (SSSR count). The summed E-state index contributed by atoms with van der Waals surface area (Å²) in [6.07, 6.45) is 0. The molecular formula is C23H17Cl2FN2O2S. The van der Waals surface area contributed by atoms with Gasteiger partial charge in [-0.25, -0.2) is 4.39 Å². The van der Waals surface area contributed by atoms with Crippen molar-refractivity contribution < 1.29 is 14.0 Å². The highest BCUT2D eigenvalue weighted by atomic mass is 35.5. The minimum absolute atomic E-state index is 0.0459. The van der Waals surface area contributed by atoms with Gasteiger partial charge in [-0.1, -0.05) is 47.1 Å². The second-order valence-electron chi connectivity index (χ2n) is 6.90. The molecule has 2 aromatic rings. The van der Waals surface area contributed by atoms with Gasteiger partial charge in [0.05, 0.1) is 38.4 Å². The third kappa shape index (κ3) is 5.01. The van der Waals surface area contributed by atoms with E-state index >= 15 is 0 Å². The zero-order chi connectivity index (χ0) is 22.7. The molecule has 31 heavy (non-hydrogen) atoms. The van der Waals surface area contributed by atoms with Crippen LogP contribution in [0.15, 0.2) is 64.3 Å². The topological polar surface area (TPSA) is 70.0 Å². The van der Waals surface area contributed by atoms with Crippen LogP contribution in [-0.2, 0) is 4.79 Å². The van der Waals surface area contributed by atoms with Crippen LogP contribution in [0.4, 0.5) is 4.39 Å². The van der Waals surface area contributed by atoms with Gasteiger partial charge in [-0.2, -0.15) is 5.26 Å². The molecule has 0 radical (unpaired) electrons. The van der Waals surface area contributed by atoms with Crippen LogP contribution in [0.3, 0.4) is 0 Å². The molecule has 2 aromatic carbocycles. The molecule has 1 unspecified atom stereocenters. The maximum Gasteiger partial charge on any atom is 0.173 e. The van der Waals surface area contributed by atoms with Gasteiger partial charge in [0.2, 0.25) is 0 Å². The molecule has 0 aliphatic carbocycles. The molecule has 0 saturated carbocycles. The van der Waals surface area contributed by atoms with Gasteiger partial charge in [0.25, 0.3) is 0 Å². The van der Waals surface area contributed by atoms with Gasteiger partial charge in [-0.15, -0.1) is 0 Å². The van der Waals surface area contributed by atoms with Gasteiger partial charge in [0.15, 0.2) is 11.6 Å². The standard InChI is InChI=1S/C23H17Cl2FN2O2S/c1-12-21(13(2)29)22(14-3-6-16(26)7-4-14)17(10-27)23(28-12)31-11-20(30)15-5-8-18(24)19(25)9-15/h3-9,22,28H,11H2,1-2H3. The van der Waals surface area contributed by atoms with Crippen molar-refractivity contribution in [3.05, 3.63) is 91.3 Å². The molecule has 158 valence electrons. The van der Waals surface area contributed by atoms with Crippen molar-refractivity contribution in [1.82, 2.24) is 5.32 Å². The minimum Gasteiger partial charge on any atom is -0.353 e. The van der Waals surface area contributed by atoms with Crippen LogP contribution < -0.4 is 5.32 Å². The van der Waals surface area contributed by atoms with Crippen LogP contribution in [0.5, 0.6) is 0 Å². The van der Waals surface area contributed by atoms with E-state index in [1.165, 1.54) is 25.1 Å². The molecule has 0 aromatic heterocycles. The van der Waals surface area contributed by atoms with Crippen LogP contribution in [0.25, 0.3) is 0 Å². The number of carbonyl (C=O) groups is 2. The molecule has 1 aliphatic heterocycles. The molecule has 1 N–H and O–H groups in total. The largest absolute Gasteiger partial charge is 0.353 e. The van der Waals surface area contributed by atoms with Gasteiger partial charge < -0.3 is 5.32 Å². The number of dihydropyridines is 1. The van der Waals surface area contributed by atoms with Gasteiger partial charge in [-0.3, -0.25) is 9.59 Å². The summed E-state index contributed by atoms with van der Waals surface area (Å²) in [5.74, 6) is -1.39. The Labute approximate surface area is 193 Å². The fraction of sp³-hybridized carbons (Fsp3) is 0.174. The number of nitrogens with one attached hydrogen (secondary N) is 1. The van der Waals surface area contributed by atoms with E-state index in [0.29, 0.717) is 38.0 Å². The fourth-order valence-electron chi connectivity index (χ4n) is 3.37. The van der Waals surface area contributed by atoms with E-state index in [1.807, 2.05) is 0 Å². The summed E-state index contributed by atoms with van der Waals surface area (Å²) in [6.45, 7) is 3.17. The number of halogens is 3. The first-order chi connectivity index (χ1) is 14.7. The van der Waals surface area contributed by atoms with Crippen molar-refractivity contribution in [2.24, 2.45) is 0 Å². The molecule has 1 atom stereocenters. The summed E-state index contributed by atoms with van der Waals surface area (Å²) in [5, 5.41) is 14.1. The lowest BCUT2D eigenvalue weighted by atomic mass is 9.81. The van der Waals surface area contributed by atoms with Crippen LogP contribution >= 0.6 is 35.0 Å². The summed E-state index contributed by atoms with van der Waals surface area (Å²) in [4.78, 5) is 25.0. The first-order valence-electron chi connectivity index (χ1n) is 9.22. The van der Waals surface area contributed by atoms with Crippen molar-refractivity contribution in [3.8, 4) is 6.07 Å². The predicted molar refractivity (Wildman–Crippen MR) is 122 cm³/mol. The molecule has 0 saturated heterocycles. The van der Waals surface area contributed by atoms with Gasteiger partial charge >= 0.3 is 0 Å². The highest BCUT2D eigenvalue weighted by Crippen LogP contribution is 2.41. The summed E-state index contributed by atoms with van der Waals surface area (Å²) in [6, 6.07) is 12.5. The number of hydrogen-bond acceptors (Lipinski definition) is 5. The predicted octanol–water partition coefficient (Wildman–Crippen LogP) is 6.03. The number of thioether (sulfide) groups is 1. The number of benzene rings is 2. The van der Waals surface area contributed by atoms with E-state index in [1.54, 1.807) is 31.2 Å². The van der Waals surface area contributed by atoms with Gasteiger partial charge in [-0.05, 0) is 49.7 Å². The van der Waals surface area contributed by atoms with Crippen LogP contribution in [-0.4, -0.2) is 17.3 Å². The highest BCUT2D eigenvalue weighted by Gasteiger charge is 2.33. The van der Waals surface area contributed by atoms with E-state index in [4.69, 9.17) is 23.2 Å². The second kappa shape index (κ2) is 9.69. The first-order valence-corrected chi connectivity index (χ1v) is 11.0. The smallest absolute Gasteiger partial charge is 0.173 e. The molecule has 0 spiro atoms. The van der Waals surface area contributed by atoms with Gasteiger partial charge in [0.1, 0.15) is 5.82 Å². The number of allylic oxidation sites excluding steroid dienone is 3. The number of nitriles is 1.